The minimum absolute atomic E-state index is 1.25. The molecule has 0 amide bonds. The van der Waals surface area contributed by atoms with Crippen molar-refractivity contribution < 1.29 is 9.79 Å². The van der Waals surface area contributed by atoms with E-state index >= 15 is 0 Å². The highest BCUT2D eigenvalue weighted by Gasteiger charge is 1.72. The fraction of sp³-hybridized carbons (Fsp3) is 1.00. The van der Waals surface area contributed by atoms with Gasteiger partial charge in [0, 0.05) is 0 Å². The average Bonchev–Trinajstić information content (AvgIpc) is 1.33. The lowest BCUT2D eigenvalue weighted by atomic mass is 10.6. The van der Waals surface area contributed by atoms with Crippen molar-refractivity contribution >= 4 is 8.53 Å². The number of rotatable bonds is 0. The molecular weight excluding hydrogens is 113 g/mol. The SMILES string of the molecule is CCC.NP(O)O. The Bertz CT molecular complexity index is 24.1. The van der Waals surface area contributed by atoms with Crippen molar-refractivity contribution in [3.63, 3.8) is 0 Å². The normalized spacial score (nSPS) is 7.71. The van der Waals surface area contributed by atoms with Gasteiger partial charge in [0.15, 0.2) is 0 Å². The summed E-state index contributed by atoms with van der Waals surface area (Å²) in [6, 6.07) is 0. The number of hydrogen-bond acceptors (Lipinski definition) is 3. The number of nitrogens with two attached hydrogens (primary N) is 1. The van der Waals surface area contributed by atoms with Crippen LogP contribution in [0.15, 0.2) is 0 Å². The third-order valence-corrected chi connectivity index (χ3v) is 0. The predicted octanol–water partition coefficient (Wildman–Crippen LogP) is 0.573. The van der Waals surface area contributed by atoms with E-state index in [1.165, 1.54) is 6.42 Å². The minimum Gasteiger partial charge on any atom is -0.338 e. The molecule has 0 fully saturated rings. The molecular formula is C3H12NO2P. The first-order valence-corrected chi connectivity index (χ1v) is 3.39. The van der Waals surface area contributed by atoms with E-state index in [2.05, 4.69) is 19.4 Å². The van der Waals surface area contributed by atoms with Gasteiger partial charge in [-0.15, -0.1) is 0 Å². The van der Waals surface area contributed by atoms with Crippen LogP contribution >= 0.6 is 8.53 Å². The molecule has 4 N–H and O–H groups in total. The molecule has 0 aromatic heterocycles. The Morgan fingerprint density at radius 2 is 1.43 bits per heavy atom. The van der Waals surface area contributed by atoms with Crippen LogP contribution in [0.1, 0.15) is 20.3 Å². The van der Waals surface area contributed by atoms with Gasteiger partial charge in [-0.1, -0.05) is 20.3 Å². The van der Waals surface area contributed by atoms with Crippen LogP contribution in [-0.2, 0) is 0 Å². The van der Waals surface area contributed by atoms with Gasteiger partial charge in [-0.25, -0.2) is 0 Å². The van der Waals surface area contributed by atoms with E-state index in [1.807, 2.05) is 0 Å². The molecule has 0 aliphatic heterocycles. The van der Waals surface area contributed by atoms with E-state index in [-0.39, 0.29) is 0 Å². The maximum absolute atomic E-state index is 7.45. The quantitative estimate of drug-likeness (QED) is 0.415. The van der Waals surface area contributed by atoms with E-state index in [0.29, 0.717) is 0 Å². The second-order valence-corrected chi connectivity index (χ2v) is 1.67. The van der Waals surface area contributed by atoms with Gasteiger partial charge >= 0.3 is 0 Å². The van der Waals surface area contributed by atoms with E-state index < -0.39 is 8.53 Å². The topological polar surface area (TPSA) is 66.5 Å². The Morgan fingerprint density at radius 3 is 1.43 bits per heavy atom. The highest BCUT2D eigenvalue weighted by Crippen LogP contribution is 2.05. The van der Waals surface area contributed by atoms with Gasteiger partial charge in [0.25, 0.3) is 0 Å². The molecule has 4 heteroatoms. The average molecular weight is 125 g/mol. The molecule has 0 saturated heterocycles. The summed E-state index contributed by atoms with van der Waals surface area (Å²) in [7, 11) is -2.12. The highest BCUT2D eigenvalue weighted by molar-refractivity contribution is 7.42. The van der Waals surface area contributed by atoms with Crippen LogP contribution < -0.4 is 5.50 Å². The maximum Gasteiger partial charge on any atom is 0.247 e. The highest BCUT2D eigenvalue weighted by atomic mass is 31.2. The number of hydrogen-bond donors (Lipinski definition) is 3. The third kappa shape index (κ3) is 1220. The summed E-state index contributed by atoms with van der Waals surface area (Å²) in [6.45, 7) is 4.25. The molecule has 0 atom stereocenters. The lowest BCUT2D eigenvalue weighted by Crippen LogP contribution is -1.78. The van der Waals surface area contributed by atoms with Crippen LogP contribution in [0.5, 0.6) is 0 Å². The van der Waals surface area contributed by atoms with Crippen molar-refractivity contribution in [3.05, 3.63) is 0 Å². The van der Waals surface area contributed by atoms with E-state index in [4.69, 9.17) is 9.79 Å². The first kappa shape index (κ1) is 10.3. The second-order valence-electron chi connectivity index (χ2n) is 1.03. The van der Waals surface area contributed by atoms with Gasteiger partial charge in [0.05, 0.1) is 0 Å². The fourth-order valence-electron chi connectivity index (χ4n) is 0. The summed E-state index contributed by atoms with van der Waals surface area (Å²) in [5.41, 5.74) is 4.29. The fourth-order valence-corrected chi connectivity index (χ4v) is 0. The molecule has 46 valence electrons. The molecule has 0 aromatic rings. The molecule has 0 aromatic carbocycles. The summed E-state index contributed by atoms with van der Waals surface area (Å²) in [5.74, 6) is 0. The molecule has 7 heavy (non-hydrogen) atoms. The summed E-state index contributed by atoms with van der Waals surface area (Å²) in [5, 5.41) is 0. The van der Waals surface area contributed by atoms with Crippen molar-refractivity contribution in [2.24, 2.45) is 5.50 Å². The first-order valence-electron chi connectivity index (χ1n) is 2.07. The van der Waals surface area contributed by atoms with Gasteiger partial charge in [0.2, 0.25) is 8.53 Å². The Morgan fingerprint density at radius 1 is 1.43 bits per heavy atom. The zero-order chi connectivity index (χ0) is 6.28. The van der Waals surface area contributed by atoms with Crippen molar-refractivity contribution in [2.45, 2.75) is 20.3 Å². The zero-order valence-electron chi connectivity index (χ0n) is 4.63. The summed E-state index contributed by atoms with van der Waals surface area (Å²) in [4.78, 5) is 14.9. The lowest BCUT2D eigenvalue weighted by Gasteiger charge is -1.79. The zero-order valence-corrected chi connectivity index (χ0v) is 5.52. The molecule has 0 heterocycles. The molecule has 0 unspecified atom stereocenters. The van der Waals surface area contributed by atoms with Crippen molar-refractivity contribution in [3.8, 4) is 0 Å². The first-order chi connectivity index (χ1) is 3.15. The van der Waals surface area contributed by atoms with Crippen LogP contribution in [-0.4, -0.2) is 9.79 Å². The standard InChI is InChI=1S/C3H8.H4NO2P/c1-3-2;1-4(2)3/h3H2,1-2H3;2-3H,1H2. The molecule has 0 saturated carbocycles. The van der Waals surface area contributed by atoms with Crippen LogP contribution in [0, 0.1) is 0 Å². The van der Waals surface area contributed by atoms with Crippen molar-refractivity contribution in [2.75, 3.05) is 0 Å². The predicted molar refractivity (Wildman–Crippen MR) is 31.5 cm³/mol. The van der Waals surface area contributed by atoms with Crippen LogP contribution in [0.2, 0.25) is 0 Å². The Labute approximate surface area is 45.1 Å². The molecule has 0 aliphatic rings. The van der Waals surface area contributed by atoms with Gasteiger partial charge in [0.1, 0.15) is 0 Å². The molecule has 0 rings (SSSR count). The molecule has 0 radical (unpaired) electrons. The van der Waals surface area contributed by atoms with E-state index in [9.17, 15) is 0 Å². The molecule has 0 spiro atoms. The van der Waals surface area contributed by atoms with Crippen LogP contribution in [0.4, 0.5) is 0 Å². The minimum atomic E-state index is -2.12. The van der Waals surface area contributed by atoms with Crippen molar-refractivity contribution in [1.29, 1.82) is 0 Å². The van der Waals surface area contributed by atoms with E-state index in [1.54, 1.807) is 0 Å². The van der Waals surface area contributed by atoms with Crippen LogP contribution in [0.25, 0.3) is 0 Å². The molecule has 0 aliphatic carbocycles. The summed E-state index contributed by atoms with van der Waals surface area (Å²) >= 11 is 0. The third-order valence-electron chi connectivity index (χ3n) is 0. The Balaban J connectivity index is 0. The second kappa shape index (κ2) is 9.58. The van der Waals surface area contributed by atoms with Crippen molar-refractivity contribution in [1.82, 2.24) is 0 Å². The summed E-state index contributed by atoms with van der Waals surface area (Å²) < 4.78 is 0. The van der Waals surface area contributed by atoms with Gasteiger partial charge in [-0.3, -0.25) is 5.50 Å². The Kier molecular flexibility index (Phi) is 14.1. The summed E-state index contributed by atoms with van der Waals surface area (Å²) in [6.07, 6.45) is 1.25. The van der Waals surface area contributed by atoms with Crippen LogP contribution in [0.3, 0.4) is 0 Å². The van der Waals surface area contributed by atoms with Gasteiger partial charge in [-0.2, -0.15) is 0 Å². The van der Waals surface area contributed by atoms with Gasteiger partial charge in [-0.05, 0) is 0 Å². The lowest BCUT2D eigenvalue weighted by molar-refractivity contribution is 0.485. The Hall–Kier alpha value is 0.310. The van der Waals surface area contributed by atoms with Gasteiger partial charge < -0.3 is 9.79 Å². The smallest absolute Gasteiger partial charge is 0.247 e. The monoisotopic (exact) mass is 125 g/mol. The molecule has 3 nitrogen and oxygen atoms in total. The molecule has 0 bridgehead atoms. The van der Waals surface area contributed by atoms with E-state index in [0.717, 1.165) is 0 Å². The maximum atomic E-state index is 7.45. The largest absolute Gasteiger partial charge is 0.338 e.